The van der Waals surface area contributed by atoms with Crippen LogP contribution in [-0.4, -0.2) is 11.1 Å². The number of hydrogen-bond acceptors (Lipinski definition) is 2. The van der Waals surface area contributed by atoms with Gasteiger partial charge in [0, 0.05) is 17.0 Å². The highest BCUT2D eigenvalue weighted by molar-refractivity contribution is 5.53. The smallest absolute Gasteiger partial charge is 0.119 e. The second-order valence-electron chi connectivity index (χ2n) is 4.28. The topological polar surface area (TPSA) is 46.2 Å². The number of benzene rings is 1. The first kappa shape index (κ1) is 7.39. The van der Waals surface area contributed by atoms with Gasteiger partial charge in [-0.15, -0.1) is 0 Å². The zero-order valence-corrected chi connectivity index (χ0v) is 7.46. The lowest BCUT2D eigenvalue weighted by molar-refractivity contribution is 0.454. The highest BCUT2D eigenvalue weighted by Crippen LogP contribution is 2.58. The summed E-state index contributed by atoms with van der Waals surface area (Å²) in [5.41, 5.74) is 8.63. The van der Waals surface area contributed by atoms with Gasteiger partial charge >= 0.3 is 0 Å². The van der Waals surface area contributed by atoms with Crippen LogP contribution in [-0.2, 0) is 11.8 Å². The van der Waals surface area contributed by atoms with Gasteiger partial charge in [-0.3, -0.25) is 0 Å². The Hall–Kier alpha value is -1.02. The average Bonchev–Trinajstić information content (AvgIpc) is 2.79. The molecule has 1 unspecified atom stereocenters. The Morgan fingerprint density at radius 1 is 1.38 bits per heavy atom. The van der Waals surface area contributed by atoms with Gasteiger partial charge in [-0.2, -0.15) is 0 Å². The van der Waals surface area contributed by atoms with Crippen molar-refractivity contribution in [2.75, 3.05) is 0 Å². The maximum Gasteiger partial charge on any atom is 0.119 e. The van der Waals surface area contributed by atoms with Crippen molar-refractivity contribution in [3.05, 3.63) is 29.3 Å². The number of aromatic hydroxyl groups is 1. The molecule has 13 heavy (non-hydrogen) atoms. The van der Waals surface area contributed by atoms with Gasteiger partial charge in [0.2, 0.25) is 0 Å². The van der Waals surface area contributed by atoms with Crippen molar-refractivity contribution in [1.82, 2.24) is 0 Å². The van der Waals surface area contributed by atoms with Crippen LogP contribution in [0.1, 0.15) is 24.0 Å². The predicted molar refractivity (Wildman–Crippen MR) is 50.7 cm³/mol. The summed E-state index contributed by atoms with van der Waals surface area (Å²) in [7, 11) is 0. The standard InChI is InChI=1S/C11H13NO/c12-9-6-7-2-1-3-8(13)10(7)11(9)4-5-11/h1-3,9,13H,4-6,12H2. The largest absolute Gasteiger partial charge is 0.508 e. The first-order valence-electron chi connectivity index (χ1n) is 4.81. The Morgan fingerprint density at radius 2 is 2.15 bits per heavy atom. The van der Waals surface area contributed by atoms with Crippen LogP contribution >= 0.6 is 0 Å². The minimum atomic E-state index is 0.153. The summed E-state index contributed by atoms with van der Waals surface area (Å²) in [6.07, 6.45) is 3.24. The van der Waals surface area contributed by atoms with Crippen LogP contribution in [0, 0.1) is 0 Å². The van der Waals surface area contributed by atoms with Crippen molar-refractivity contribution >= 4 is 0 Å². The van der Waals surface area contributed by atoms with Gasteiger partial charge in [-0.1, -0.05) is 12.1 Å². The van der Waals surface area contributed by atoms with E-state index in [1.54, 1.807) is 6.07 Å². The summed E-state index contributed by atoms with van der Waals surface area (Å²) < 4.78 is 0. The van der Waals surface area contributed by atoms with Crippen LogP contribution in [0.2, 0.25) is 0 Å². The Kier molecular flexibility index (Phi) is 1.18. The SMILES string of the molecule is NC1Cc2cccc(O)c2C12CC2. The molecular formula is C11H13NO. The molecule has 1 saturated carbocycles. The van der Waals surface area contributed by atoms with E-state index in [2.05, 4.69) is 6.07 Å². The Bertz CT molecular complexity index is 368. The molecule has 2 heteroatoms. The molecule has 0 aliphatic heterocycles. The summed E-state index contributed by atoms with van der Waals surface area (Å²) in [5.74, 6) is 0.447. The van der Waals surface area contributed by atoms with Gasteiger partial charge in [-0.05, 0) is 30.9 Å². The van der Waals surface area contributed by atoms with E-state index in [9.17, 15) is 5.11 Å². The molecule has 1 spiro atoms. The minimum Gasteiger partial charge on any atom is -0.508 e. The third kappa shape index (κ3) is 0.767. The van der Waals surface area contributed by atoms with Crippen LogP contribution < -0.4 is 5.73 Å². The molecule has 3 N–H and O–H groups in total. The monoisotopic (exact) mass is 175 g/mol. The molecule has 0 saturated heterocycles. The van der Waals surface area contributed by atoms with Gasteiger partial charge < -0.3 is 10.8 Å². The fourth-order valence-corrected chi connectivity index (χ4v) is 2.70. The van der Waals surface area contributed by atoms with E-state index in [-0.39, 0.29) is 11.5 Å². The van der Waals surface area contributed by atoms with Crippen molar-refractivity contribution in [2.45, 2.75) is 30.7 Å². The lowest BCUT2D eigenvalue weighted by atomic mass is 9.95. The van der Waals surface area contributed by atoms with Gasteiger partial charge in [0.1, 0.15) is 5.75 Å². The minimum absolute atomic E-state index is 0.153. The van der Waals surface area contributed by atoms with Gasteiger partial charge in [0.05, 0.1) is 0 Å². The molecular weight excluding hydrogens is 162 g/mol. The summed E-state index contributed by atoms with van der Waals surface area (Å²) in [5, 5.41) is 9.77. The lowest BCUT2D eigenvalue weighted by Gasteiger charge is -2.14. The zero-order valence-electron chi connectivity index (χ0n) is 7.46. The van der Waals surface area contributed by atoms with Crippen LogP contribution in [0.4, 0.5) is 0 Å². The number of nitrogens with two attached hydrogens (primary N) is 1. The van der Waals surface area contributed by atoms with Crippen molar-refractivity contribution in [2.24, 2.45) is 5.73 Å². The predicted octanol–water partition coefficient (Wildman–Crippen LogP) is 1.31. The second-order valence-corrected chi connectivity index (χ2v) is 4.28. The van der Waals surface area contributed by atoms with Gasteiger partial charge in [0.15, 0.2) is 0 Å². The van der Waals surface area contributed by atoms with E-state index in [1.807, 2.05) is 6.07 Å². The van der Waals surface area contributed by atoms with Crippen molar-refractivity contribution < 1.29 is 5.11 Å². The Morgan fingerprint density at radius 3 is 2.85 bits per heavy atom. The van der Waals surface area contributed by atoms with Crippen molar-refractivity contribution in [1.29, 1.82) is 0 Å². The normalized spacial score (nSPS) is 27.6. The number of fused-ring (bicyclic) bond motifs is 2. The van der Waals surface area contributed by atoms with Gasteiger partial charge in [-0.25, -0.2) is 0 Å². The molecule has 2 aliphatic rings. The first-order chi connectivity index (χ1) is 6.24. The number of phenolic OH excluding ortho intramolecular Hbond substituents is 1. The Labute approximate surface area is 77.4 Å². The quantitative estimate of drug-likeness (QED) is 0.624. The fraction of sp³-hybridized carbons (Fsp3) is 0.455. The number of rotatable bonds is 0. The molecule has 3 rings (SSSR count). The van der Waals surface area contributed by atoms with E-state index in [4.69, 9.17) is 5.73 Å². The van der Waals surface area contributed by atoms with E-state index >= 15 is 0 Å². The zero-order chi connectivity index (χ0) is 9.05. The highest BCUT2D eigenvalue weighted by Gasteiger charge is 2.55. The third-order valence-corrected chi connectivity index (χ3v) is 3.56. The van der Waals surface area contributed by atoms with Crippen molar-refractivity contribution in [3.63, 3.8) is 0 Å². The maximum absolute atomic E-state index is 9.77. The number of hydrogen-bond donors (Lipinski definition) is 2. The molecule has 0 bridgehead atoms. The van der Waals surface area contributed by atoms with E-state index in [1.165, 1.54) is 5.56 Å². The van der Waals surface area contributed by atoms with Crippen LogP contribution in [0.15, 0.2) is 18.2 Å². The number of phenols is 1. The fourth-order valence-electron chi connectivity index (χ4n) is 2.70. The molecule has 2 nitrogen and oxygen atoms in total. The molecule has 1 aromatic rings. The molecule has 68 valence electrons. The summed E-state index contributed by atoms with van der Waals surface area (Å²) >= 11 is 0. The van der Waals surface area contributed by atoms with Crippen LogP contribution in [0.5, 0.6) is 5.75 Å². The van der Waals surface area contributed by atoms with Crippen molar-refractivity contribution in [3.8, 4) is 5.75 Å². The second kappa shape index (κ2) is 2.07. The molecule has 1 fully saturated rings. The summed E-state index contributed by atoms with van der Waals surface area (Å²) in [6.45, 7) is 0. The molecule has 2 aliphatic carbocycles. The molecule has 0 aromatic heterocycles. The van der Waals surface area contributed by atoms with Crippen LogP contribution in [0.3, 0.4) is 0 Å². The average molecular weight is 175 g/mol. The molecule has 1 atom stereocenters. The Balaban J connectivity index is 2.24. The summed E-state index contributed by atoms with van der Waals surface area (Å²) in [4.78, 5) is 0. The first-order valence-corrected chi connectivity index (χ1v) is 4.81. The molecule has 0 radical (unpaired) electrons. The van der Waals surface area contributed by atoms with E-state index in [0.717, 1.165) is 24.8 Å². The lowest BCUT2D eigenvalue weighted by Crippen LogP contribution is -2.30. The van der Waals surface area contributed by atoms with Gasteiger partial charge in [0.25, 0.3) is 0 Å². The molecule has 0 amide bonds. The third-order valence-electron chi connectivity index (χ3n) is 3.56. The van der Waals surface area contributed by atoms with E-state index in [0.29, 0.717) is 5.75 Å². The molecule has 0 heterocycles. The van der Waals surface area contributed by atoms with E-state index < -0.39 is 0 Å². The maximum atomic E-state index is 9.77. The highest BCUT2D eigenvalue weighted by atomic mass is 16.3. The van der Waals surface area contributed by atoms with Crippen LogP contribution in [0.25, 0.3) is 0 Å². The summed E-state index contributed by atoms with van der Waals surface area (Å²) in [6, 6.07) is 6.00. The molecule has 1 aromatic carbocycles.